The van der Waals surface area contributed by atoms with E-state index in [-0.39, 0.29) is 37.6 Å². The maximum absolute atomic E-state index is 12.8. The molecule has 3 aromatic heterocycles. The van der Waals surface area contributed by atoms with Gasteiger partial charge in [-0.25, -0.2) is 13.2 Å². The topological polar surface area (TPSA) is 38.7 Å². The van der Waals surface area contributed by atoms with Crippen LogP contribution in [-0.4, -0.2) is 15.0 Å². The Balaban J connectivity index is 0.000000163. The van der Waals surface area contributed by atoms with Gasteiger partial charge in [-0.15, -0.1) is 89.5 Å². The molecule has 3 aromatic carbocycles. The van der Waals surface area contributed by atoms with Crippen LogP contribution in [-0.2, 0) is 20.1 Å². The Morgan fingerprint density at radius 1 is 0.425 bits per heavy atom. The van der Waals surface area contributed by atoms with Gasteiger partial charge >= 0.3 is 20.1 Å². The molecule has 0 saturated carbocycles. The Kier molecular flexibility index (Phi) is 11.9. The van der Waals surface area contributed by atoms with Gasteiger partial charge in [-0.1, -0.05) is 36.4 Å². The van der Waals surface area contributed by atoms with Crippen molar-refractivity contribution in [3.63, 3.8) is 0 Å². The van der Waals surface area contributed by atoms with Gasteiger partial charge in [-0.3, -0.25) is 0 Å². The Bertz CT molecular complexity index is 1390. The van der Waals surface area contributed by atoms with E-state index in [2.05, 4.69) is 33.2 Å². The van der Waals surface area contributed by atoms with E-state index in [9.17, 15) is 13.2 Å². The van der Waals surface area contributed by atoms with Crippen LogP contribution >= 0.6 is 0 Å². The fourth-order valence-corrected chi connectivity index (χ4v) is 3.33. The van der Waals surface area contributed by atoms with Crippen molar-refractivity contribution in [2.45, 2.75) is 0 Å². The Hall–Kier alpha value is -4.45. The van der Waals surface area contributed by atoms with E-state index in [0.717, 1.165) is 17.1 Å². The second kappa shape index (κ2) is 15.8. The summed E-state index contributed by atoms with van der Waals surface area (Å²) in [5.41, 5.74) is 4.26. The SMILES string of the molecule is Fc1cc[c-]c(-c2ccccn2)c1.Fc1cc[c-]c(-c2ccccn2)c1.Fc1cc[c-]c(-c2ccccn2)c1.[Ir+3]. The van der Waals surface area contributed by atoms with E-state index >= 15 is 0 Å². The quantitative estimate of drug-likeness (QED) is 0.175. The average Bonchev–Trinajstić information content (AvgIpc) is 2.99. The van der Waals surface area contributed by atoms with Crippen LogP contribution in [0.1, 0.15) is 0 Å². The van der Waals surface area contributed by atoms with Gasteiger partial charge in [0, 0.05) is 36.0 Å². The van der Waals surface area contributed by atoms with Crippen LogP contribution in [0.3, 0.4) is 0 Å². The van der Waals surface area contributed by atoms with Crippen molar-refractivity contribution < 1.29 is 33.3 Å². The standard InChI is InChI=1S/3C11H7FN.Ir/c3*12-10-5-3-4-9(8-10)11-6-1-2-7-13-11;/h3*1-3,5-8H;/q3*-1;+3. The molecule has 0 amide bonds. The molecule has 0 aliphatic heterocycles. The fourth-order valence-electron chi connectivity index (χ4n) is 3.33. The van der Waals surface area contributed by atoms with Crippen LogP contribution < -0.4 is 0 Å². The first-order valence-corrected chi connectivity index (χ1v) is 11.8. The van der Waals surface area contributed by atoms with E-state index < -0.39 is 0 Å². The van der Waals surface area contributed by atoms with E-state index in [0.29, 0.717) is 16.7 Å². The largest absolute Gasteiger partial charge is 3.00 e. The Morgan fingerprint density at radius 3 is 0.950 bits per heavy atom. The number of aromatic nitrogens is 3. The maximum atomic E-state index is 12.8. The van der Waals surface area contributed by atoms with Gasteiger partial charge in [-0.2, -0.15) is 0 Å². The second-order valence-electron chi connectivity index (χ2n) is 7.91. The van der Waals surface area contributed by atoms with Gasteiger partial charge in [0.1, 0.15) is 0 Å². The van der Waals surface area contributed by atoms with Crippen LogP contribution in [0.25, 0.3) is 33.8 Å². The van der Waals surface area contributed by atoms with Crippen molar-refractivity contribution in [1.82, 2.24) is 15.0 Å². The van der Waals surface area contributed by atoms with Gasteiger partial charge in [0.25, 0.3) is 0 Å². The summed E-state index contributed by atoms with van der Waals surface area (Å²) in [6, 6.07) is 38.3. The molecule has 0 N–H and O–H groups in total. The van der Waals surface area contributed by atoms with Crippen molar-refractivity contribution in [2.24, 2.45) is 0 Å². The molecule has 0 atom stereocenters. The molecule has 0 unspecified atom stereocenters. The van der Waals surface area contributed by atoms with Gasteiger partial charge in [0.2, 0.25) is 0 Å². The zero-order chi connectivity index (χ0) is 27.3. The summed E-state index contributed by atoms with van der Waals surface area (Å²) >= 11 is 0. The van der Waals surface area contributed by atoms with Crippen molar-refractivity contribution in [1.29, 1.82) is 0 Å². The van der Waals surface area contributed by atoms with Gasteiger partial charge in [0.05, 0.1) is 0 Å². The summed E-state index contributed by atoms with van der Waals surface area (Å²) in [6.45, 7) is 0. The molecule has 0 bridgehead atoms. The smallest absolute Gasteiger partial charge is 0.305 e. The van der Waals surface area contributed by atoms with E-state index in [1.54, 1.807) is 36.8 Å². The molecule has 0 radical (unpaired) electrons. The first kappa shape index (κ1) is 30.1. The molecule has 40 heavy (non-hydrogen) atoms. The van der Waals surface area contributed by atoms with Gasteiger partial charge in [-0.05, 0) is 35.3 Å². The number of hydrogen-bond acceptors (Lipinski definition) is 3. The number of benzene rings is 3. The number of nitrogens with zero attached hydrogens (tertiary/aromatic N) is 3. The van der Waals surface area contributed by atoms with Crippen molar-refractivity contribution in [2.75, 3.05) is 0 Å². The fraction of sp³-hybridized carbons (Fsp3) is 0. The molecule has 6 aromatic rings. The molecular formula is C33H21F3IrN3. The first-order valence-electron chi connectivity index (χ1n) is 11.8. The third-order valence-electron chi connectivity index (χ3n) is 5.11. The third kappa shape index (κ3) is 9.38. The second-order valence-corrected chi connectivity index (χ2v) is 7.91. The predicted molar refractivity (Wildman–Crippen MR) is 145 cm³/mol. The Morgan fingerprint density at radius 2 is 0.725 bits per heavy atom. The normalized spacial score (nSPS) is 9.68. The first-order chi connectivity index (χ1) is 19.1. The monoisotopic (exact) mass is 709 g/mol. The van der Waals surface area contributed by atoms with Crippen molar-refractivity contribution >= 4 is 0 Å². The number of halogens is 3. The minimum Gasteiger partial charge on any atom is -0.305 e. The summed E-state index contributed by atoms with van der Waals surface area (Å²) in [5.74, 6) is -0.793. The molecule has 0 aliphatic rings. The molecule has 3 heterocycles. The summed E-state index contributed by atoms with van der Waals surface area (Å²) in [4.78, 5) is 12.3. The summed E-state index contributed by atoms with van der Waals surface area (Å²) in [5, 5.41) is 0. The van der Waals surface area contributed by atoms with Crippen LogP contribution in [0.4, 0.5) is 13.2 Å². The molecule has 0 spiro atoms. The van der Waals surface area contributed by atoms with Gasteiger partial charge < -0.3 is 15.0 Å². The predicted octanol–water partition coefficient (Wildman–Crippen LogP) is 8.06. The number of pyridine rings is 3. The zero-order valence-electron chi connectivity index (χ0n) is 20.9. The molecular weight excluding hydrogens is 688 g/mol. The molecule has 6 rings (SSSR count). The third-order valence-corrected chi connectivity index (χ3v) is 5.11. The van der Waals surface area contributed by atoms with Crippen LogP contribution in [0, 0.1) is 35.7 Å². The van der Waals surface area contributed by atoms with Crippen LogP contribution in [0.2, 0.25) is 0 Å². The van der Waals surface area contributed by atoms with Crippen molar-refractivity contribution in [3.8, 4) is 33.8 Å². The summed E-state index contributed by atoms with van der Waals surface area (Å²) in [7, 11) is 0. The molecule has 0 saturated heterocycles. The molecule has 0 fully saturated rings. The summed E-state index contributed by atoms with van der Waals surface area (Å²) in [6.07, 6.45) is 5.02. The van der Waals surface area contributed by atoms with Crippen molar-refractivity contribution in [3.05, 3.63) is 163 Å². The molecule has 7 heteroatoms. The van der Waals surface area contributed by atoms with Crippen LogP contribution in [0.15, 0.2) is 128 Å². The van der Waals surface area contributed by atoms with E-state index in [4.69, 9.17) is 0 Å². The minimum atomic E-state index is -0.264. The summed E-state index contributed by atoms with van der Waals surface area (Å²) < 4.78 is 38.4. The van der Waals surface area contributed by atoms with E-state index in [1.807, 2.05) is 54.6 Å². The average molecular weight is 709 g/mol. The van der Waals surface area contributed by atoms with Gasteiger partial charge in [0.15, 0.2) is 0 Å². The number of rotatable bonds is 3. The zero-order valence-corrected chi connectivity index (χ0v) is 23.3. The maximum Gasteiger partial charge on any atom is 3.00 e. The van der Waals surface area contributed by atoms with Crippen LogP contribution in [0.5, 0.6) is 0 Å². The minimum absolute atomic E-state index is 0. The Labute approximate surface area is 244 Å². The number of hydrogen-bond donors (Lipinski definition) is 0. The molecule has 0 aliphatic carbocycles. The van der Waals surface area contributed by atoms with E-state index in [1.165, 1.54) is 36.4 Å². The molecule has 198 valence electrons. The molecule has 3 nitrogen and oxygen atoms in total.